The highest BCUT2D eigenvalue weighted by molar-refractivity contribution is 5.93. The van der Waals surface area contributed by atoms with E-state index in [9.17, 15) is 14.7 Å². The molecule has 1 heterocycles. The van der Waals surface area contributed by atoms with Crippen LogP contribution in [0.15, 0.2) is 41.3 Å². The van der Waals surface area contributed by atoms with Crippen LogP contribution in [-0.2, 0) is 0 Å². The van der Waals surface area contributed by atoms with E-state index in [1.54, 1.807) is 0 Å². The molecular weight excluding hydrogens is 294 g/mol. The van der Waals surface area contributed by atoms with Gasteiger partial charge < -0.3 is 15.4 Å². The van der Waals surface area contributed by atoms with Crippen LogP contribution >= 0.6 is 0 Å². The minimum absolute atomic E-state index is 0.0394. The monoisotopic (exact) mass is 313 g/mol. The van der Waals surface area contributed by atoms with Gasteiger partial charge in [0.05, 0.1) is 12.1 Å². The Morgan fingerprint density at radius 3 is 2.65 bits per heavy atom. The molecule has 6 heteroatoms. The summed E-state index contributed by atoms with van der Waals surface area (Å²) in [4.78, 5) is 31.2. The Hall–Kier alpha value is -2.47. The van der Waals surface area contributed by atoms with Crippen LogP contribution in [0.2, 0.25) is 0 Å². The predicted octanol–water partition coefficient (Wildman–Crippen LogP) is 1.47. The number of nitrogens with one attached hydrogen (secondary N) is 2. The number of aliphatic hydroxyl groups is 1. The quantitative estimate of drug-likeness (QED) is 0.799. The summed E-state index contributed by atoms with van der Waals surface area (Å²) in [7, 11) is 0. The molecule has 6 nitrogen and oxygen atoms in total. The molecule has 0 unspecified atom stereocenters. The number of aromatic amines is 1. The standard InChI is InChI=1S/C17H19N3O3/c21-14-9-5-4-8-13(14)19-16(22)12-10-18-15(20-17(12)23)11-6-2-1-3-7-11/h1-3,6-7,10,13-14,21H,4-5,8-9H2,(H,19,22)(H,18,20,23)/t13-,14-/m0/s1. The fourth-order valence-electron chi connectivity index (χ4n) is 2.83. The van der Waals surface area contributed by atoms with Crippen molar-refractivity contribution in [1.82, 2.24) is 15.3 Å². The van der Waals surface area contributed by atoms with Gasteiger partial charge in [0.1, 0.15) is 11.4 Å². The van der Waals surface area contributed by atoms with Gasteiger partial charge >= 0.3 is 0 Å². The molecule has 1 amide bonds. The van der Waals surface area contributed by atoms with Crippen molar-refractivity contribution in [2.24, 2.45) is 0 Å². The average molecular weight is 313 g/mol. The summed E-state index contributed by atoms with van der Waals surface area (Å²) >= 11 is 0. The molecule has 0 radical (unpaired) electrons. The lowest BCUT2D eigenvalue weighted by Gasteiger charge is -2.28. The number of H-pyrrole nitrogens is 1. The van der Waals surface area contributed by atoms with Gasteiger partial charge in [0, 0.05) is 11.8 Å². The smallest absolute Gasteiger partial charge is 0.264 e. The van der Waals surface area contributed by atoms with Crippen LogP contribution in [0, 0.1) is 0 Å². The van der Waals surface area contributed by atoms with Crippen molar-refractivity contribution < 1.29 is 9.90 Å². The van der Waals surface area contributed by atoms with Gasteiger partial charge in [-0.1, -0.05) is 43.2 Å². The van der Waals surface area contributed by atoms with Crippen molar-refractivity contribution in [3.8, 4) is 11.4 Å². The number of rotatable bonds is 3. The van der Waals surface area contributed by atoms with Crippen molar-refractivity contribution in [1.29, 1.82) is 0 Å². The number of aromatic nitrogens is 2. The maximum Gasteiger partial charge on any atom is 0.264 e. The Morgan fingerprint density at radius 1 is 1.22 bits per heavy atom. The summed E-state index contributed by atoms with van der Waals surface area (Å²) in [6.07, 6.45) is 4.05. The SMILES string of the molecule is O=C(N[C@H]1CCCC[C@@H]1O)c1cnc(-c2ccccc2)[nH]c1=O. The highest BCUT2D eigenvalue weighted by Gasteiger charge is 2.25. The topological polar surface area (TPSA) is 95.1 Å². The zero-order valence-electron chi connectivity index (χ0n) is 12.7. The van der Waals surface area contributed by atoms with Crippen molar-refractivity contribution in [3.05, 3.63) is 52.4 Å². The molecule has 0 spiro atoms. The van der Waals surface area contributed by atoms with E-state index in [2.05, 4.69) is 15.3 Å². The van der Waals surface area contributed by atoms with Gasteiger partial charge in [0.15, 0.2) is 0 Å². The summed E-state index contributed by atoms with van der Waals surface area (Å²) in [5.74, 6) is -0.0748. The highest BCUT2D eigenvalue weighted by Crippen LogP contribution is 2.18. The summed E-state index contributed by atoms with van der Waals surface area (Å²) < 4.78 is 0. The van der Waals surface area contributed by atoms with E-state index in [0.29, 0.717) is 12.2 Å². The summed E-state index contributed by atoms with van der Waals surface area (Å²) in [6.45, 7) is 0. The molecule has 23 heavy (non-hydrogen) atoms. The Balaban J connectivity index is 1.78. The molecule has 1 fully saturated rings. The predicted molar refractivity (Wildman–Crippen MR) is 86.0 cm³/mol. The number of amides is 1. The van der Waals surface area contributed by atoms with Gasteiger partial charge in [0.2, 0.25) is 0 Å². The molecule has 3 rings (SSSR count). The lowest BCUT2D eigenvalue weighted by atomic mass is 9.92. The Bertz CT molecular complexity index is 742. The fraction of sp³-hybridized carbons (Fsp3) is 0.353. The van der Waals surface area contributed by atoms with Gasteiger partial charge in [-0.05, 0) is 12.8 Å². The molecule has 2 atom stereocenters. The average Bonchev–Trinajstić information content (AvgIpc) is 2.57. The van der Waals surface area contributed by atoms with E-state index in [1.165, 1.54) is 6.20 Å². The second-order valence-corrected chi connectivity index (χ2v) is 5.77. The minimum atomic E-state index is -0.552. The number of hydrogen-bond acceptors (Lipinski definition) is 4. The van der Waals surface area contributed by atoms with E-state index < -0.39 is 17.6 Å². The third-order valence-electron chi connectivity index (χ3n) is 4.14. The molecule has 1 aliphatic carbocycles. The molecule has 1 saturated carbocycles. The minimum Gasteiger partial charge on any atom is -0.391 e. The van der Waals surface area contributed by atoms with Crippen LogP contribution in [0.25, 0.3) is 11.4 Å². The third kappa shape index (κ3) is 3.48. The molecule has 120 valence electrons. The van der Waals surface area contributed by atoms with Gasteiger partial charge in [-0.25, -0.2) is 4.98 Å². The number of aliphatic hydroxyl groups excluding tert-OH is 1. The number of nitrogens with zero attached hydrogens (tertiary/aromatic N) is 1. The lowest BCUT2D eigenvalue weighted by molar-refractivity contribution is 0.0716. The van der Waals surface area contributed by atoms with Crippen molar-refractivity contribution >= 4 is 5.91 Å². The second kappa shape index (κ2) is 6.75. The fourth-order valence-corrected chi connectivity index (χ4v) is 2.83. The number of carbonyl (C=O) groups is 1. The molecule has 0 bridgehead atoms. The zero-order valence-corrected chi connectivity index (χ0v) is 12.7. The van der Waals surface area contributed by atoms with Crippen LogP contribution in [-0.4, -0.2) is 33.1 Å². The maximum atomic E-state index is 12.2. The van der Waals surface area contributed by atoms with Crippen molar-refractivity contribution in [3.63, 3.8) is 0 Å². The largest absolute Gasteiger partial charge is 0.391 e. The van der Waals surface area contributed by atoms with Crippen molar-refractivity contribution in [2.75, 3.05) is 0 Å². The van der Waals surface area contributed by atoms with Crippen LogP contribution in [0.1, 0.15) is 36.0 Å². The van der Waals surface area contributed by atoms with E-state index in [4.69, 9.17) is 0 Å². The van der Waals surface area contributed by atoms with Crippen molar-refractivity contribution in [2.45, 2.75) is 37.8 Å². The molecule has 1 aromatic carbocycles. The van der Waals surface area contributed by atoms with Crippen LogP contribution in [0.4, 0.5) is 0 Å². The summed E-state index contributed by atoms with van der Waals surface area (Å²) in [5.41, 5.74) is 0.253. The lowest BCUT2D eigenvalue weighted by Crippen LogP contribution is -2.46. The Kier molecular flexibility index (Phi) is 4.52. The van der Waals surface area contributed by atoms with Crippen LogP contribution < -0.4 is 10.9 Å². The summed E-state index contributed by atoms with van der Waals surface area (Å²) in [5, 5.41) is 12.6. The van der Waals surface area contributed by atoms with Crippen LogP contribution in [0.5, 0.6) is 0 Å². The Morgan fingerprint density at radius 2 is 1.96 bits per heavy atom. The molecule has 2 aromatic rings. The first-order valence-electron chi connectivity index (χ1n) is 7.79. The highest BCUT2D eigenvalue weighted by atomic mass is 16.3. The first kappa shape index (κ1) is 15.4. The number of hydrogen-bond donors (Lipinski definition) is 3. The van der Waals surface area contributed by atoms with Gasteiger partial charge in [-0.2, -0.15) is 0 Å². The molecule has 3 N–H and O–H groups in total. The normalized spacial score (nSPS) is 20.9. The zero-order chi connectivity index (χ0) is 16.2. The van der Waals surface area contributed by atoms with Gasteiger partial charge in [-0.3, -0.25) is 9.59 Å². The molecule has 1 aliphatic rings. The number of carbonyl (C=O) groups excluding carboxylic acids is 1. The number of benzene rings is 1. The van der Waals surface area contributed by atoms with Gasteiger partial charge in [-0.15, -0.1) is 0 Å². The summed E-state index contributed by atoms with van der Waals surface area (Å²) in [6, 6.07) is 8.93. The van der Waals surface area contributed by atoms with Crippen LogP contribution in [0.3, 0.4) is 0 Å². The first-order valence-corrected chi connectivity index (χ1v) is 7.79. The van der Waals surface area contributed by atoms with E-state index in [0.717, 1.165) is 24.8 Å². The second-order valence-electron chi connectivity index (χ2n) is 5.77. The third-order valence-corrected chi connectivity index (χ3v) is 4.14. The van der Waals surface area contributed by atoms with E-state index in [1.807, 2.05) is 30.3 Å². The molecular formula is C17H19N3O3. The van der Waals surface area contributed by atoms with E-state index >= 15 is 0 Å². The first-order chi connectivity index (χ1) is 11.1. The molecule has 0 aliphatic heterocycles. The van der Waals surface area contributed by atoms with Gasteiger partial charge in [0.25, 0.3) is 11.5 Å². The molecule has 1 aromatic heterocycles. The van der Waals surface area contributed by atoms with E-state index in [-0.39, 0.29) is 11.6 Å². The Labute approximate surface area is 133 Å². The maximum absolute atomic E-state index is 12.2. The molecule has 0 saturated heterocycles.